The number of oxazole rings is 1. The van der Waals surface area contributed by atoms with Crippen LogP contribution in [-0.2, 0) is 0 Å². The molecule has 7 heteroatoms. The summed E-state index contributed by atoms with van der Waals surface area (Å²) in [6.07, 6.45) is 0. The highest BCUT2D eigenvalue weighted by molar-refractivity contribution is 5.86. The van der Waals surface area contributed by atoms with Gasteiger partial charge in [0.15, 0.2) is 17.5 Å². The molecular formula is C11H6F3NO3. The molecule has 0 saturated carbocycles. The minimum Gasteiger partial charge on any atom is -0.475 e. The first kappa shape index (κ1) is 12.2. The zero-order valence-electron chi connectivity index (χ0n) is 9.00. The summed E-state index contributed by atoms with van der Waals surface area (Å²) in [6, 6.07) is 1.35. The molecule has 0 atom stereocenters. The van der Waals surface area contributed by atoms with Crippen molar-refractivity contribution in [1.82, 2.24) is 4.98 Å². The lowest BCUT2D eigenvalue weighted by Crippen LogP contribution is -1.95. The Morgan fingerprint density at radius 1 is 1.28 bits per heavy atom. The highest BCUT2D eigenvalue weighted by Crippen LogP contribution is 2.25. The zero-order chi connectivity index (χ0) is 13.4. The Hall–Kier alpha value is -2.31. The summed E-state index contributed by atoms with van der Waals surface area (Å²) < 4.78 is 43.6. The van der Waals surface area contributed by atoms with E-state index in [4.69, 9.17) is 9.52 Å². The SMILES string of the molecule is Cc1nc(-c2cc(F)c(F)c(F)c2)oc1C(=O)O. The van der Waals surface area contributed by atoms with Crippen molar-refractivity contribution >= 4 is 5.97 Å². The van der Waals surface area contributed by atoms with Crippen LogP contribution in [0.2, 0.25) is 0 Å². The van der Waals surface area contributed by atoms with Gasteiger partial charge in [0.1, 0.15) is 0 Å². The van der Waals surface area contributed by atoms with Gasteiger partial charge in [0, 0.05) is 5.56 Å². The van der Waals surface area contributed by atoms with Gasteiger partial charge in [-0.15, -0.1) is 0 Å². The van der Waals surface area contributed by atoms with Gasteiger partial charge in [-0.2, -0.15) is 0 Å². The molecular weight excluding hydrogens is 251 g/mol. The van der Waals surface area contributed by atoms with Crippen LogP contribution in [0.4, 0.5) is 13.2 Å². The minimum atomic E-state index is -1.61. The number of carboxylic acids is 1. The number of aryl methyl sites for hydroxylation is 1. The van der Waals surface area contributed by atoms with Gasteiger partial charge in [-0.05, 0) is 19.1 Å². The first-order valence-corrected chi connectivity index (χ1v) is 4.75. The maximum Gasteiger partial charge on any atom is 0.373 e. The second kappa shape index (κ2) is 4.17. The van der Waals surface area contributed by atoms with Crippen LogP contribution in [0.15, 0.2) is 16.5 Å². The number of carboxylic acid groups (broad SMARTS) is 1. The van der Waals surface area contributed by atoms with Gasteiger partial charge in [-0.25, -0.2) is 22.9 Å². The van der Waals surface area contributed by atoms with Crippen LogP contribution >= 0.6 is 0 Å². The molecule has 0 aliphatic rings. The number of aromatic nitrogens is 1. The van der Waals surface area contributed by atoms with Gasteiger partial charge in [-0.1, -0.05) is 0 Å². The Balaban J connectivity index is 2.56. The second-order valence-corrected chi connectivity index (χ2v) is 3.49. The van der Waals surface area contributed by atoms with Crippen LogP contribution in [0.5, 0.6) is 0 Å². The van der Waals surface area contributed by atoms with Crippen molar-refractivity contribution in [3.05, 3.63) is 41.0 Å². The predicted molar refractivity (Wildman–Crippen MR) is 53.5 cm³/mol. The highest BCUT2D eigenvalue weighted by atomic mass is 19.2. The summed E-state index contributed by atoms with van der Waals surface area (Å²) in [7, 11) is 0. The Morgan fingerprint density at radius 3 is 2.28 bits per heavy atom. The first-order valence-electron chi connectivity index (χ1n) is 4.75. The summed E-state index contributed by atoms with van der Waals surface area (Å²) >= 11 is 0. The predicted octanol–water partition coefficient (Wildman–Crippen LogP) is 2.77. The molecule has 0 saturated heterocycles. The molecule has 0 aliphatic carbocycles. The molecule has 0 radical (unpaired) electrons. The Morgan fingerprint density at radius 2 is 1.83 bits per heavy atom. The monoisotopic (exact) mass is 257 g/mol. The van der Waals surface area contributed by atoms with Crippen molar-refractivity contribution in [1.29, 1.82) is 0 Å². The molecule has 18 heavy (non-hydrogen) atoms. The van der Waals surface area contributed by atoms with E-state index in [1.807, 2.05) is 0 Å². The van der Waals surface area contributed by atoms with Gasteiger partial charge in [0.2, 0.25) is 11.7 Å². The molecule has 1 aromatic heterocycles. The number of nitrogens with zero attached hydrogens (tertiary/aromatic N) is 1. The van der Waals surface area contributed by atoms with Crippen LogP contribution in [0.1, 0.15) is 16.2 Å². The first-order chi connectivity index (χ1) is 8.40. The molecule has 94 valence electrons. The zero-order valence-corrected chi connectivity index (χ0v) is 9.00. The minimum absolute atomic E-state index is 0.0580. The van der Waals surface area contributed by atoms with E-state index in [1.165, 1.54) is 6.92 Å². The van der Waals surface area contributed by atoms with Gasteiger partial charge < -0.3 is 9.52 Å². The number of aromatic carboxylic acids is 1. The number of hydrogen-bond donors (Lipinski definition) is 1. The summed E-state index contributed by atoms with van der Waals surface area (Å²) in [5.74, 6) is -6.50. The van der Waals surface area contributed by atoms with Crippen molar-refractivity contribution in [3.8, 4) is 11.5 Å². The van der Waals surface area contributed by atoms with E-state index in [-0.39, 0.29) is 17.1 Å². The molecule has 2 rings (SSSR count). The average molecular weight is 257 g/mol. The van der Waals surface area contributed by atoms with Crippen molar-refractivity contribution in [3.63, 3.8) is 0 Å². The summed E-state index contributed by atoms with van der Waals surface area (Å²) in [6.45, 7) is 1.37. The molecule has 0 unspecified atom stereocenters. The third kappa shape index (κ3) is 1.94. The quantitative estimate of drug-likeness (QED) is 0.840. The van der Waals surface area contributed by atoms with E-state index in [2.05, 4.69) is 4.98 Å². The maximum atomic E-state index is 13.0. The number of benzene rings is 1. The second-order valence-electron chi connectivity index (χ2n) is 3.49. The summed E-state index contributed by atoms with van der Waals surface area (Å²) in [4.78, 5) is 14.4. The van der Waals surface area contributed by atoms with Crippen LogP contribution in [-0.4, -0.2) is 16.1 Å². The van der Waals surface area contributed by atoms with E-state index in [9.17, 15) is 18.0 Å². The third-order valence-corrected chi connectivity index (χ3v) is 2.22. The Kier molecular flexibility index (Phi) is 2.82. The molecule has 0 amide bonds. The Bertz CT molecular complexity index is 613. The molecule has 0 aliphatic heterocycles. The van der Waals surface area contributed by atoms with E-state index in [0.717, 1.165) is 0 Å². The van der Waals surface area contributed by atoms with E-state index in [0.29, 0.717) is 12.1 Å². The molecule has 0 fully saturated rings. The smallest absolute Gasteiger partial charge is 0.373 e. The molecule has 2 aromatic rings. The molecule has 4 nitrogen and oxygen atoms in total. The lowest BCUT2D eigenvalue weighted by Gasteiger charge is -1.98. The van der Waals surface area contributed by atoms with Crippen molar-refractivity contribution < 1.29 is 27.5 Å². The molecule has 0 spiro atoms. The van der Waals surface area contributed by atoms with E-state index in [1.54, 1.807) is 0 Å². The molecule has 1 heterocycles. The highest BCUT2D eigenvalue weighted by Gasteiger charge is 2.19. The fraction of sp³-hybridized carbons (Fsp3) is 0.0909. The average Bonchev–Trinajstić information content (AvgIpc) is 2.67. The number of halogens is 3. The van der Waals surface area contributed by atoms with Crippen LogP contribution in [0.3, 0.4) is 0 Å². The number of rotatable bonds is 2. The lowest BCUT2D eigenvalue weighted by atomic mass is 10.2. The van der Waals surface area contributed by atoms with Crippen molar-refractivity contribution in [2.24, 2.45) is 0 Å². The number of hydrogen-bond acceptors (Lipinski definition) is 3. The van der Waals surface area contributed by atoms with E-state index >= 15 is 0 Å². The van der Waals surface area contributed by atoms with Gasteiger partial charge in [0.25, 0.3) is 0 Å². The van der Waals surface area contributed by atoms with Crippen molar-refractivity contribution in [2.75, 3.05) is 0 Å². The Labute approximate surface area is 98.7 Å². The third-order valence-electron chi connectivity index (χ3n) is 2.22. The normalized spacial score (nSPS) is 10.7. The lowest BCUT2D eigenvalue weighted by molar-refractivity contribution is 0.0662. The number of carbonyl (C=O) groups is 1. The largest absolute Gasteiger partial charge is 0.475 e. The fourth-order valence-electron chi connectivity index (χ4n) is 1.40. The van der Waals surface area contributed by atoms with Crippen molar-refractivity contribution in [2.45, 2.75) is 6.92 Å². The van der Waals surface area contributed by atoms with Gasteiger partial charge in [0.05, 0.1) is 5.69 Å². The van der Waals surface area contributed by atoms with Gasteiger partial charge in [-0.3, -0.25) is 0 Å². The molecule has 1 N–H and O–H groups in total. The topological polar surface area (TPSA) is 63.3 Å². The standard InChI is InChI=1S/C11H6F3NO3/c1-4-9(11(16)17)18-10(15-4)5-2-6(12)8(14)7(13)3-5/h2-3H,1H3,(H,16,17). The molecule has 0 bridgehead atoms. The van der Waals surface area contributed by atoms with Crippen LogP contribution < -0.4 is 0 Å². The van der Waals surface area contributed by atoms with E-state index < -0.39 is 29.2 Å². The van der Waals surface area contributed by atoms with Gasteiger partial charge >= 0.3 is 5.97 Å². The maximum absolute atomic E-state index is 13.0. The van der Waals surface area contributed by atoms with Crippen LogP contribution in [0.25, 0.3) is 11.5 Å². The summed E-state index contributed by atoms with van der Waals surface area (Å²) in [5, 5.41) is 8.74. The van der Waals surface area contributed by atoms with Crippen LogP contribution in [0, 0.1) is 24.4 Å². The summed E-state index contributed by atoms with van der Waals surface area (Å²) in [5.41, 5.74) is -0.121. The fourth-order valence-corrected chi connectivity index (χ4v) is 1.40. The molecule has 1 aromatic carbocycles.